The molecule has 2 aromatic carbocycles. The molecule has 0 spiro atoms. The van der Waals surface area contributed by atoms with E-state index in [1.165, 1.54) is 19.3 Å². The molecule has 0 atom stereocenters. The molecule has 4 bridgehead atoms. The van der Waals surface area contributed by atoms with Crippen molar-refractivity contribution in [3.05, 3.63) is 59.9 Å². The van der Waals surface area contributed by atoms with E-state index in [-0.39, 0.29) is 22.2 Å². The van der Waals surface area contributed by atoms with Crippen LogP contribution in [0.5, 0.6) is 5.75 Å². The number of methoxy groups -OCH3 is 1. The molecule has 9 heteroatoms. The fraction of sp³-hybridized carbons (Fsp3) is 0.519. The summed E-state index contributed by atoms with van der Waals surface area (Å²) in [6.07, 6.45) is 7.18. The summed E-state index contributed by atoms with van der Waals surface area (Å²) in [5.74, 6) is 1.83. The normalized spacial score (nSPS) is 26.6. The summed E-state index contributed by atoms with van der Waals surface area (Å²) in [4.78, 5) is 15.0. The molecule has 0 aromatic heterocycles. The molecule has 2 aromatic rings. The Morgan fingerprint density at radius 3 is 2.14 bits per heavy atom. The van der Waals surface area contributed by atoms with Crippen LogP contribution < -0.4 is 9.50 Å². The number of rotatable bonds is 9. The quantitative estimate of drug-likeness (QED) is 0.488. The molecule has 0 heterocycles. The van der Waals surface area contributed by atoms with Crippen LogP contribution in [-0.2, 0) is 21.4 Å². The fourth-order valence-electron chi connectivity index (χ4n) is 6.67. The van der Waals surface area contributed by atoms with Crippen molar-refractivity contribution < 1.29 is 26.5 Å². The number of benzene rings is 2. The van der Waals surface area contributed by atoms with Gasteiger partial charge in [-0.15, -0.1) is 0 Å². The van der Waals surface area contributed by atoms with Crippen molar-refractivity contribution in [3.8, 4) is 5.75 Å². The Bertz CT molecular complexity index is 1150. The maximum atomic E-state index is 13.4. The van der Waals surface area contributed by atoms with E-state index >= 15 is 0 Å². The van der Waals surface area contributed by atoms with E-state index in [9.17, 15) is 17.6 Å². The number of nitrogens with zero attached hydrogens (tertiary/aromatic N) is 1. The lowest BCUT2D eigenvalue weighted by atomic mass is 9.53. The van der Waals surface area contributed by atoms with Gasteiger partial charge in [-0.2, -0.15) is 8.42 Å². The van der Waals surface area contributed by atoms with E-state index < -0.39 is 15.9 Å². The molecule has 194 valence electrons. The number of amides is 2. The van der Waals surface area contributed by atoms with E-state index in [0.29, 0.717) is 19.7 Å². The summed E-state index contributed by atoms with van der Waals surface area (Å²) in [5.41, 5.74) is 0.766. The monoisotopic (exact) mass is 516 g/mol. The van der Waals surface area contributed by atoms with Crippen LogP contribution in [0.25, 0.3) is 0 Å². The minimum absolute atomic E-state index is 0.0757. The molecule has 1 N–H and O–H groups in total. The van der Waals surface area contributed by atoms with Crippen molar-refractivity contribution in [3.63, 3.8) is 0 Å². The lowest BCUT2D eigenvalue weighted by Crippen LogP contribution is -2.62. The van der Waals surface area contributed by atoms with Crippen LogP contribution in [0.1, 0.15) is 44.1 Å². The maximum Gasteiger partial charge on any atom is 0.339 e. The zero-order valence-electron chi connectivity index (χ0n) is 20.5. The first-order valence-electron chi connectivity index (χ1n) is 12.6. The molecule has 7 nitrogen and oxygen atoms in total. The first kappa shape index (κ1) is 25.0. The number of nitrogens with one attached hydrogen (secondary N) is 1. The Hall–Kier alpha value is -2.65. The Kier molecular flexibility index (Phi) is 6.96. The number of urea groups is 1. The van der Waals surface area contributed by atoms with Gasteiger partial charge in [0, 0.05) is 25.7 Å². The van der Waals surface area contributed by atoms with Crippen molar-refractivity contribution >= 4 is 16.1 Å². The first-order chi connectivity index (χ1) is 17.2. The van der Waals surface area contributed by atoms with Crippen molar-refractivity contribution in [2.24, 2.45) is 17.8 Å². The number of carbonyl (C=O) groups excluding carboxylic acids is 1. The molecule has 4 fully saturated rings. The molecule has 4 aliphatic carbocycles. The average Bonchev–Trinajstić information content (AvgIpc) is 2.81. The van der Waals surface area contributed by atoms with Gasteiger partial charge in [0.15, 0.2) is 0 Å². The largest absolute Gasteiger partial charge is 0.383 e. The standard InChI is InChI=1S/C27H33FN2O5S/c1-34-11-10-30(26(31)29-27-15-20-12-21(16-27)14-22(13-20)17-27)18-19-2-6-24(7-3-19)35-36(32,33)25-8-4-23(28)5-9-25/h2-9,20-22H,10-18H2,1H3,(H,29,31). The van der Waals surface area contributed by atoms with Crippen LogP contribution in [0.4, 0.5) is 9.18 Å². The van der Waals surface area contributed by atoms with Gasteiger partial charge >= 0.3 is 16.1 Å². The molecule has 0 radical (unpaired) electrons. The molecule has 4 aliphatic rings. The molecule has 0 saturated heterocycles. The lowest BCUT2D eigenvalue weighted by Gasteiger charge is -2.57. The summed E-state index contributed by atoms with van der Waals surface area (Å²) in [6.45, 7) is 1.24. The number of hydrogen-bond donors (Lipinski definition) is 1. The van der Waals surface area contributed by atoms with Crippen molar-refractivity contribution in [1.82, 2.24) is 10.2 Å². The summed E-state index contributed by atoms with van der Waals surface area (Å²) in [6, 6.07) is 11.0. The minimum atomic E-state index is -4.08. The Balaban J connectivity index is 1.24. The molecular weight excluding hydrogens is 483 g/mol. The van der Waals surface area contributed by atoms with Crippen LogP contribution in [0.3, 0.4) is 0 Å². The van der Waals surface area contributed by atoms with E-state index in [1.54, 1.807) is 36.3 Å². The first-order valence-corrected chi connectivity index (χ1v) is 14.0. The van der Waals surface area contributed by atoms with E-state index in [0.717, 1.165) is 66.8 Å². The van der Waals surface area contributed by atoms with Gasteiger partial charge in [0.1, 0.15) is 16.5 Å². The average molecular weight is 517 g/mol. The third-order valence-corrected chi connectivity index (χ3v) is 9.13. The zero-order valence-corrected chi connectivity index (χ0v) is 21.3. The number of carbonyl (C=O) groups is 1. The predicted molar refractivity (Wildman–Crippen MR) is 132 cm³/mol. The second-order valence-electron chi connectivity index (χ2n) is 10.7. The van der Waals surface area contributed by atoms with Crippen LogP contribution in [0.15, 0.2) is 53.4 Å². The highest BCUT2D eigenvalue weighted by atomic mass is 32.2. The highest BCUT2D eigenvalue weighted by molar-refractivity contribution is 7.87. The molecule has 36 heavy (non-hydrogen) atoms. The fourth-order valence-corrected chi connectivity index (χ4v) is 7.60. The van der Waals surface area contributed by atoms with Gasteiger partial charge in [0.2, 0.25) is 0 Å². The van der Waals surface area contributed by atoms with Crippen LogP contribution in [-0.4, -0.2) is 45.1 Å². The van der Waals surface area contributed by atoms with Gasteiger partial charge in [-0.3, -0.25) is 0 Å². The van der Waals surface area contributed by atoms with E-state index in [1.807, 2.05) is 0 Å². The Morgan fingerprint density at radius 1 is 1.00 bits per heavy atom. The van der Waals surface area contributed by atoms with Gasteiger partial charge in [-0.25, -0.2) is 9.18 Å². The van der Waals surface area contributed by atoms with Gasteiger partial charge < -0.3 is 19.1 Å². The van der Waals surface area contributed by atoms with Crippen LogP contribution in [0, 0.1) is 23.6 Å². The second kappa shape index (κ2) is 10.0. The van der Waals surface area contributed by atoms with E-state index in [2.05, 4.69) is 5.32 Å². The topological polar surface area (TPSA) is 84.9 Å². The predicted octanol–water partition coefficient (Wildman–Crippen LogP) is 4.72. The van der Waals surface area contributed by atoms with Gasteiger partial charge in [-0.1, -0.05) is 12.1 Å². The lowest BCUT2D eigenvalue weighted by molar-refractivity contribution is -0.0161. The van der Waals surface area contributed by atoms with Crippen LogP contribution in [0.2, 0.25) is 0 Å². The molecule has 2 amide bonds. The smallest absolute Gasteiger partial charge is 0.339 e. The SMILES string of the molecule is COCCN(Cc1ccc(OS(=O)(=O)c2ccc(F)cc2)cc1)C(=O)NC12CC3CC(CC(C3)C1)C2. The number of hydrogen-bond acceptors (Lipinski definition) is 5. The molecular formula is C27H33FN2O5S. The number of halogens is 1. The summed E-state index contributed by atoms with van der Waals surface area (Å²) < 4.78 is 48.5. The Labute approximate surface area is 212 Å². The molecule has 0 aliphatic heterocycles. The highest BCUT2D eigenvalue weighted by Crippen LogP contribution is 2.55. The van der Waals surface area contributed by atoms with E-state index in [4.69, 9.17) is 8.92 Å². The minimum Gasteiger partial charge on any atom is -0.383 e. The second-order valence-corrected chi connectivity index (χ2v) is 12.2. The van der Waals surface area contributed by atoms with Crippen molar-refractivity contribution in [2.75, 3.05) is 20.3 Å². The molecule has 0 unspecified atom stereocenters. The van der Waals surface area contributed by atoms with Crippen molar-refractivity contribution in [1.29, 1.82) is 0 Å². The van der Waals surface area contributed by atoms with Crippen molar-refractivity contribution in [2.45, 2.75) is 55.5 Å². The Morgan fingerprint density at radius 2 is 1.58 bits per heavy atom. The summed E-state index contributed by atoms with van der Waals surface area (Å²) in [5, 5.41) is 3.42. The molecule has 6 rings (SSSR count). The van der Waals surface area contributed by atoms with Gasteiger partial charge in [0.05, 0.1) is 6.61 Å². The third kappa shape index (κ3) is 5.52. The van der Waals surface area contributed by atoms with Crippen LogP contribution >= 0.6 is 0 Å². The molecule has 4 saturated carbocycles. The third-order valence-electron chi connectivity index (χ3n) is 7.87. The van der Waals surface area contributed by atoms with Gasteiger partial charge in [-0.05, 0) is 98.2 Å². The van der Waals surface area contributed by atoms with Gasteiger partial charge in [0.25, 0.3) is 0 Å². The summed E-state index contributed by atoms with van der Waals surface area (Å²) in [7, 11) is -2.46. The number of ether oxygens (including phenoxy) is 1. The highest BCUT2D eigenvalue weighted by Gasteiger charge is 2.51. The zero-order chi connectivity index (χ0) is 25.3. The maximum absolute atomic E-state index is 13.4. The summed E-state index contributed by atoms with van der Waals surface area (Å²) >= 11 is 0.